The van der Waals surface area contributed by atoms with Crippen LogP contribution in [0.4, 0.5) is 4.79 Å². The Balaban J connectivity index is 1.92. The van der Waals surface area contributed by atoms with Crippen molar-refractivity contribution in [3.8, 4) is 6.19 Å². The molecule has 0 aromatic rings. The second kappa shape index (κ2) is 4.68. The van der Waals surface area contributed by atoms with Crippen LogP contribution in [0, 0.1) is 23.3 Å². The number of alkyl carbamates (subject to hydrolysis) is 1. The first-order valence-electron chi connectivity index (χ1n) is 6.53. The van der Waals surface area contributed by atoms with E-state index in [0.29, 0.717) is 11.8 Å². The topological polar surface area (TPSA) is 65.4 Å². The van der Waals surface area contributed by atoms with Gasteiger partial charge in [-0.2, -0.15) is 5.26 Å². The molecule has 5 nitrogen and oxygen atoms in total. The quantitative estimate of drug-likeness (QED) is 0.720. The first-order valence-corrected chi connectivity index (χ1v) is 6.53. The largest absolute Gasteiger partial charge is 0.444 e. The van der Waals surface area contributed by atoms with Gasteiger partial charge < -0.3 is 15.0 Å². The maximum atomic E-state index is 11.8. The van der Waals surface area contributed by atoms with Crippen molar-refractivity contribution in [3.63, 3.8) is 0 Å². The standard InChI is InChI=1S/C13H21N3O2/c1-13(2,3)18-12(17)15-11-9-4-5-10(11)7-16(6-9)8-14/h9-11H,4-7H2,1-3H3,(H,15,17)/t9-,10+,11?. The van der Waals surface area contributed by atoms with Gasteiger partial charge in [0.05, 0.1) is 0 Å². The predicted molar refractivity (Wildman–Crippen MR) is 66.6 cm³/mol. The molecule has 1 amide bonds. The number of likely N-dealkylation sites (tertiary alicyclic amines) is 1. The van der Waals surface area contributed by atoms with E-state index in [-0.39, 0.29) is 12.1 Å². The zero-order valence-corrected chi connectivity index (χ0v) is 11.3. The normalized spacial score (nSPS) is 30.8. The van der Waals surface area contributed by atoms with E-state index in [4.69, 9.17) is 10.00 Å². The Morgan fingerprint density at radius 1 is 1.33 bits per heavy atom. The first-order chi connectivity index (χ1) is 8.39. The molecule has 1 heterocycles. The number of nitrogens with one attached hydrogen (secondary N) is 1. The number of carbonyl (C=O) groups excluding carboxylic acids is 1. The Hall–Kier alpha value is -1.44. The van der Waals surface area contributed by atoms with Gasteiger partial charge in [-0.3, -0.25) is 0 Å². The molecule has 1 unspecified atom stereocenters. The van der Waals surface area contributed by atoms with Crippen LogP contribution in [0.2, 0.25) is 0 Å². The summed E-state index contributed by atoms with van der Waals surface area (Å²) in [5, 5.41) is 11.9. The van der Waals surface area contributed by atoms with Crippen LogP contribution in [0.1, 0.15) is 33.6 Å². The van der Waals surface area contributed by atoms with E-state index in [0.717, 1.165) is 25.9 Å². The molecule has 1 N–H and O–H groups in total. The number of hydrogen-bond donors (Lipinski definition) is 1. The van der Waals surface area contributed by atoms with E-state index in [1.807, 2.05) is 20.8 Å². The summed E-state index contributed by atoms with van der Waals surface area (Å²) in [5.74, 6) is 0.770. The molecule has 5 heteroatoms. The van der Waals surface area contributed by atoms with Gasteiger partial charge in [0.25, 0.3) is 0 Å². The van der Waals surface area contributed by atoms with Gasteiger partial charge in [-0.25, -0.2) is 4.79 Å². The molecule has 0 radical (unpaired) electrons. The van der Waals surface area contributed by atoms with E-state index in [2.05, 4.69) is 11.5 Å². The number of rotatable bonds is 1. The van der Waals surface area contributed by atoms with E-state index in [1.54, 1.807) is 4.90 Å². The Bertz CT molecular complexity index is 355. The maximum Gasteiger partial charge on any atom is 0.407 e. The smallest absolute Gasteiger partial charge is 0.407 e. The zero-order chi connectivity index (χ0) is 13.3. The van der Waals surface area contributed by atoms with Gasteiger partial charge in [0.1, 0.15) is 5.60 Å². The van der Waals surface area contributed by atoms with E-state index in [1.165, 1.54) is 0 Å². The summed E-state index contributed by atoms with van der Waals surface area (Å²) in [7, 11) is 0. The minimum absolute atomic E-state index is 0.171. The fourth-order valence-corrected chi connectivity index (χ4v) is 2.98. The second-order valence-electron chi connectivity index (χ2n) is 6.27. The third-order valence-electron chi connectivity index (χ3n) is 3.66. The molecule has 0 aromatic heterocycles. The summed E-state index contributed by atoms with van der Waals surface area (Å²) in [6, 6.07) is 0.171. The molecule has 1 aliphatic carbocycles. The molecular formula is C13H21N3O2. The van der Waals surface area contributed by atoms with Crippen molar-refractivity contribution in [2.24, 2.45) is 11.8 Å². The van der Waals surface area contributed by atoms with Crippen LogP contribution in [0.5, 0.6) is 0 Å². The Morgan fingerprint density at radius 2 is 1.89 bits per heavy atom. The molecule has 0 aromatic carbocycles. The summed E-state index contributed by atoms with van der Waals surface area (Å²) >= 11 is 0. The Labute approximate surface area is 108 Å². The summed E-state index contributed by atoms with van der Waals surface area (Å²) in [5.41, 5.74) is -0.462. The lowest BCUT2D eigenvalue weighted by atomic mass is 9.93. The molecule has 2 aliphatic rings. The Morgan fingerprint density at radius 3 is 2.33 bits per heavy atom. The minimum Gasteiger partial charge on any atom is -0.444 e. The molecule has 1 aliphatic heterocycles. The van der Waals surface area contributed by atoms with E-state index in [9.17, 15) is 4.79 Å². The van der Waals surface area contributed by atoms with Crippen molar-refractivity contribution in [2.45, 2.75) is 45.3 Å². The van der Waals surface area contributed by atoms with Crippen LogP contribution in [0.3, 0.4) is 0 Å². The van der Waals surface area contributed by atoms with Crippen LogP contribution in [0.25, 0.3) is 0 Å². The summed E-state index contributed by atoms with van der Waals surface area (Å²) in [4.78, 5) is 13.6. The number of ether oxygens (including phenoxy) is 1. The third kappa shape index (κ3) is 2.87. The molecule has 2 fully saturated rings. The van der Waals surface area contributed by atoms with Gasteiger partial charge in [-0.05, 0) is 45.4 Å². The first kappa shape index (κ1) is 13.0. The fraction of sp³-hybridized carbons (Fsp3) is 0.846. The number of amides is 1. The Kier molecular flexibility index (Phi) is 3.38. The SMILES string of the molecule is CC(C)(C)OC(=O)NC1[C@@H]2CC[C@H]1CN(C#N)C2. The lowest BCUT2D eigenvalue weighted by Crippen LogP contribution is -2.52. The van der Waals surface area contributed by atoms with Crippen LogP contribution < -0.4 is 5.32 Å². The van der Waals surface area contributed by atoms with Gasteiger partial charge in [-0.1, -0.05) is 0 Å². The highest BCUT2D eigenvalue weighted by Crippen LogP contribution is 2.36. The van der Waals surface area contributed by atoms with Gasteiger partial charge in [0.2, 0.25) is 0 Å². The highest BCUT2D eigenvalue weighted by molar-refractivity contribution is 5.68. The van der Waals surface area contributed by atoms with Crippen molar-refractivity contribution in [3.05, 3.63) is 0 Å². The van der Waals surface area contributed by atoms with Gasteiger partial charge >= 0.3 is 6.09 Å². The number of nitrogens with zero attached hydrogens (tertiary/aromatic N) is 2. The number of fused-ring (bicyclic) bond motifs is 2. The van der Waals surface area contributed by atoms with Crippen molar-refractivity contribution >= 4 is 6.09 Å². The van der Waals surface area contributed by atoms with Crippen molar-refractivity contribution < 1.29 is 9.53 Å². The molecule has 2 rings (SSSR count). The van der Waals surface area contributed by atoms with Crippen LogP contribution in [-0.4, -0.2) is 35.7 Å². The van der Waals surface area contributed by atoms with Crippen molar-refractivity contribution in [2.75, 3.05) is 13.1 Å². The summed E-state index contributed by atoms with van der Waals surface area (Å²) in [6.45, 7) is 7.10. The lowest BCUT2D eigenvalue weighted by molar-refractivity contribution is 0.0445. The highest BCUT2D eigenvalue weighted by atomic mass is 16.6. The monoisotopic (exact) mass is 251 g/mol. The lowest BCUT2D eigenvalue weighted by Gasteiger charge is -2.35. The zero-order valence-electron chi connectivity index (χ0n) is 11.3. The molecule has 2 bridgehead atoms. The van der Waals surface area contributed by atoms with Gasteiger partial charge in [0, 0.05) is 19.1 Å². The number of carbonyl (C=O) groups is 1. The summed E-state index contributed by atoms with van der Waals surface area (Å²) < 4.78 is 5.29. The van der Waals surface area contributed by atoms with Crippen LogP contribution >= 0.6 is 0 Å². The third-order valence-corrected chi connectivity index (χ3v) is 3.66. The molecule has 3 atom stereocenters. The number of piperidine rings is 1. The molecule has 1 saturated heterocycles. The maximum absolute atomic E-state index is 11.8. The predicted octanol–water partition coefficient (Wildman–Crippen LogP) is 1.70. The van der Waals surface area contributed by atoms with Gasteiger partial charge in [-0.15, -0.1) is 0 Å². The van der Waals surface area contributed by atoms with Crippen LogP contribution in [0.15, 0.2) is 0 Å². The molecule has 100 valence electrons. The van der Waals surface area contributed by atoms with E-state index < -0.39 is 5.60 Å². The van der Waals surface area contributed by atoms with E-state index >= 15 is 0 Å². The van der Waals surface area contributed by atoms with Crippen molar-refractivity contribution in [1.29, 1.82) is 5.26 Å². The summed E-state index contributed by atoms with van der Waals surface area (Å²) in [6.07, 6.45) is 4.04. The minimum atomic E-state index is -0.462. The van der Waals surface area contributed by atoms with Crippen LogP contribution in [-0.2, 0) is 4.74 Å². The average Bonchev–Trinajstić information content (AvgIpc) is 2.49. The highest BCUT2D eigenvalue weighted by Gasteiger charge is 2.43. The molecular weight excluding hydrogens is 230 g/mol. The van der Waals surface area contributed by atoms with Gasteiger partial charge in [0.15, 0.2) is 6.19 Å². The fourth-order valence-electron chi connectivity index (χ4n) is 2.98. The second-order valence-corrected chi connectivity index (χ2v) is 6.27. The number of hydrogen-bond acceptors (Lipinski definition) is 4. The molecule has 18 heavy (non-hydrogen) atoms. The molecule has 1 saturated carbocycles. The van der Waals surface area contributed by atoms with Crippen molar-refractivity contribution in [1.82, 2.24) is 10.2 Å². The molecule has 0 spiro atoms. The number of nitriles is 1. The average molecular weight is 251 g/mol.